The van der Waals surface area contributed by atoms with Gasteiger partial charge in [0.15, 0.2) is 11.5 Å². The number of carbonyl (C=O) groups is 2. The van der Waals surface area contributed by atoms with Crippen LogP contribution >= 0.6 is 11.6 Å². The van der Waals surface area contributed by atoms with E-state index in [1.165, 1.54) is 12.1 Å². The molecule has 0 saturated carbocycles. The molecule has 10 nitrogen and oxygen atoms in total. The first-order chi connectivity index (χ1) is 22.2. The third-order valence-electron chi connectivity index (χ3n) is 6.80. The van der Waals surface area contributed by atoms with Crippen molar-refractivity contribution in [2.75, 3.05) is 6.79 Å². The molecule has 1 aliphatic heterocycles. The molecule has 46 heavy (non-hydrogen) atoms. The highest BCUT2D eigenvalue weighted by atomic mass is 35.5. The molecule has 12 heteroatoms. The molecule has 1 unspecified atom stereocenters. The van der Waals surface area contributed by atoms with E-state index < -0.39 is 27.9 Å². The molecule has 0 aromatic heterocycles. The van der Waals surface area contributed by atoms with E-state index in [9.17, 15) is 18.0 Å². The number of nitrogens with one attached hydrogen (secondary N) is 2. The Hall–Kier alpha value is -4.84. The number of benzene rings is 4. The molecule has 238 valence electrons. The van der Waals surface area contributed by atoms with Crippen molar-refractivity contribution in [1.29, 1.82) is 0 Å². The summed E-state index contributed by atoms with van der Waals surface area (Å²) in [5.74, 6) is -0.223. The number of hydrogen-bond donors (Lipinski definition) is 2. The largest absolute Gasteiger partial charge is 0.475 e. The molecule has 5 rings (SSSR count). The number of amides is 2. The van der Waals surface area contributed by atoms with Crippen LogP contribution in [0.5, 0.6) is 17.2 Å². The number of carbonyl (C=O) groups excluding carboxylic acids is 2. The number of aryl methyl sites for hydroxylation is 1. The lowest BCUT2D eigenvalue weighted by molar-refractivity contribution is -0.126. The van der Waals surface area contributed by atoms with Crippen LogP contribution in [0.3, 0.4) is 0 Å². The van der Waals surface area contributed by atoms with Crippen molar-refractivity contribution in [3.05, 3.63) is 129 Å². The summed E-state index contributed by atoms with van der Waals surface area (Å²) in [6.07, 6.45) is 1.13. The predicted molar refractivity (Wildman–Crippen MR) is 173 cm³/mol. The van der Waals surface area contributed by atoms with Gasteiger partial charge in [0, 0.05) is 16.1 Å². The Kier molecular flexibility index (Phi) is 10.6. The average molecular weight is 663 g/mol. The van der Waals surface area contributed by atoms with Gasteiger partial charge in [-0.1, -0.05) is 73.5 Å². The minimum Gasteiger partial charge on any atom is -0.475 e. The van der Waals surface area contributed by atoms with Crippen LogP contribution in [0.4, 0.5) is 0 Å². The predicted octanol–water partition coefficient (Wildman–Crippen LogP) is 6.12. The maximum absolute atomic E-state index is 13.6. The second-order valence-corrected chi connectivity index (χ2v) is 12.3. The normalized spacial score (nSPS) is 12.9. The van der Waals surface area contributed by atoms with Crippen molar-refractivity contribution < 1.29 is 37.1 Å². The summed E-state index contributed by atoms with van der Waals surface area (Å²) in [6.45, 7) is 2.16. The standard InChI is InChI=1S/C34H31ClN2O8S/c1-2-7-25-19-27(33(38)36-44-21-24-8-4-3-5-9-24)13-14-29(25)45-32(26-12-15-30-31(20-26)43-22-42-30)34(39)37-46(40,41)17-16-23-10-6-11-28(35)18-23/h3-6,8-20,32H,2,7,21-22H2,1H3,(H,36,38)(H,37,39)/b17-16+. The second-order valence-electron chi connectivity index (χ2n) is 10.3. The van der Waals surface area contributed by atoms with Gasteiger partial charge in [0.2, 0.25) is 12.9 Å². The van der Waals surface area contributed by atoms with Crippen LogP contribution in [0, 0.1) is 0 Å². The molecule has 4 aromatic rings. The van der Waals surface area contributed by atoms with E-state index in [-0.39, 0.29) is 13.4 Å². The Morgan fingerprint density at radius 1 is 0.957 bits per heavy atom. The number of hydroxylamine groups is 1. The maximum Gasteiger partial charge on any atom is 0.279 e. The molecule has 4 aromatic carbocycles. The summed E-state index contributed by atoms with van der Waals surface area (Å²) >= 11 is 6.00. The molecule has 2 N–H and O–H groups in total. The quantitative estimate of drug-likeness (QED) is 0.164. The van der Waals surface area contributed by atoms with Gasteiger partial charge < -0.3 is 14.2 Å². The fourth-order valence-electron chi connectivity index (χ4n) is 4.60. The smallest absolute Gasteiger partial charge is 0.279 e. The van der Waals surface area contributed by atoms with Crippen LogP contribution in [-0.2, 0) is 32.7 Å². The van der Waals surface area contributed by atoms with Crippen molar-refractivity contribution in [1.82, 2.24) is 10.2 Å². The minimum absolute atomic E-state index is 0.0123. The van der Waals surface area contributed by atoms with Gasteiger partial charge in [0.1, 0.15) is 5.75 Å². The Balaban J connectivity index is 1.37. The summed E-state index contributed by atoms with van der Waals surface area (Å²) in [6, 6.07) is 25.5. The van der Waals surface area contributed by atoms with E-state index >= 15 is 0 Å². The summed E-state index contributed by atoms with van der Waals surface area (Å²) in [4.78, 5) is 31.8. The van der Waals surface area contributed by atoms with Gasteiger partial charge in [-0.3, -0.25) is 14.4 Å². The zero-order valence-corrected chi connectivity index (χ0v) is 26.3. The van der Waals surface area contributed by atoms with E-state index in [4.69, 9.17) is 30.6 Å². The topological polar surface area (TPSA) is 129 Å². The lowest BCUT2D eigenvalue weighted by Gasteiger charge is -2.21. The highest BCUT2D eigenvalue weighted by Crippen LogP contribution is 2.36. The lowest BCUT2D eigenvalue weighted by Crippen LogP contribution is -2.36. The van der Waals surface area contributed by atoms with Crippen molar-refractivity contribution in [2.45, 2.75) is 32.5 Å². The third kappa shape index (κ3) is 8.66. The fourth-order valence-corrected chi connectivity index (χ4v) is 5.59. The zero-order chi connectivity index (χ0) is 32.5. The Morgan fingerprint density at radius 2 is 1.76 bits per heavy atom. The van der Waals surface area contributed by atoms with Crippen molar-refractivity contribution >= 4 is 39.5 Å². The molecular formula is C34H31ClN2O8S. The van der Waals surface area contributed by atoms with Crippen LogP contribution in [0.2, 0.25) is 5.02 Å². The first-order valence-electron chi connectivity index (χ1n) is 14.4. The highest BCUT2D eigenvalue weighted by molar-refractivity contribution is 7.93. The minimum atomic E-state index is -4.24. The van der Waals surface area contributed by atoms with Gasteiger partial charge in [0.25, 0.3) is 21.8 Å². The van der Waals surface area contributed by atoms with Gasteiger partial charge in [-0.2, -0.15) is 0 Å². The van der Waals surface area contributed by atoms with E-state index in [2.05, 4.69) is 10.2 Å². The van der Waals surface area contributed by atoms with E-state index in [0.717, 1.165) is 11.0 Å². The number of ether oxygens (including phenoxy) is 3. The summed E-state index contributed by atoms with van der Waals surface area (Å²) in [5.41, 5.74) is 5.17. The first-order valence-corrected chi connectivity index (χ1v) is 16.3. The van der Waals surface area contributed by atoms with E-state index in [1.54, 1.807) is 54.6 Å². The zero-order valence-electron chi connectivity index (χ0n) is 24.8. The summed E-state index contributed by atoms with van der Waals surface area (Å²) in [5, 5.41) is 1.31. The summed E-state index contributed by atoms with van der Waals surface area (Å²) in [7, 11) is -4.24. The van der Waals surface area contributed by atoms with Crippen LogP contribution in [0.25, 0.3) is 6.08 Å². The molecular weight excluding hydrogens is 632 g/mol. The molecule has 0 saturated heterocycles. The van der Waals surface area contributed by atoms with Gasteiger partial charge >= 0.3 is 0 Å². The van der Waals surface area contributed by atoms with Gasteiger partial charge in [-0.05, 0) is 71.7 Å². The SMILES string of the molecule is CCCc1cc(C(=O)NOCc2ccccc2)ccc1OC(C(=O)NS(=O)(=O)/C=C/c1cccc(Cl)c1)c1ccc2c(c1)OCO2. The molecule has 1 atom stereocenters. The van der Waals surface area contributed by atoms with Crippen LogP contribution in [0.1, 0.15) is 52.1 Å². The van der Waals surface area contributed by atoms with Crippen LogP contribution < -0.4 is 24.4 Å². The number of hydrogen-bond acceptors (Lipinski definition) is 8. The Morgan fingerprint density at radius 3 is 2.54 bits per heavy atom. The monoisotopic (exact) mass is 662 g/mol. The molecule has 0 spiro atoms. The lowest BCUT2D eigenvalue weighted by atomic mass is 10.0. The molecule has 2 amide bonds. The first kappa shape index (κ1) is 32.6. The van der Waals surface area contributed by atoms with Crippen molar-refractivity contribution in [2.24, 2.45) is 0 Å². The van der Waals surface area contributed by atoms with Crippen LogP contribution in [0.15, 0.2) is 96.4 Å². The Bertz CT molecular complexity index is 1850. The molecule has 0 radical (unpaired) electrons. The molecule has 0 fully saturated rings. The molecule has 0 aliphatic carbocycles. The van der Waals surface area contributed by atoms with E-state index in [0.29, 0.717) is 57.4 Å². The maximum atomic E-state index is 13.6. The second kappa shape index (κ2) is 15.0. The molecule has 0 bridgehead atoms. The summed E-state index contributed by atoms with van der Waals surface area (Å²) < 4.78 is 45.0. The average Bonchev–Trinajstić information content (AvgIpc) is 3.52. The van der Waals surface area contributed by atoms with Gasteiger partial charge in [-0.25, -0.2) is 18.6 Å². The van der Waals surface area contributed by atoms with Gasteiger partial charge in [-0.15, -0.1) is 0 Å². The van der Waals surface area contributed by atoms with Crippen LogP contribution in [-0.4, -0.2) is 27.0 Å². The molecule has 1 heterocycles. The highest BCUT2D eigenvalue weighted by Gasteiger charge is 2.29. The molecule has 1 aliphatic rings. The number of rotatable bonds is 13. The van der Waals surface area contributed by atoms with Crippen molar-refractivity contribution in [3.8, 4) is 17.2 Å². The number of fused-ring (bicyclic) bond motifs is 1. The van der Waals surface area contributed by atoms with Crippen molar-refractivity contribution in [3.63, 3.8) is 0 Å². The van der Waals surface area contributed by atoms with E-state index in [1.807, 2.05) is 37.3 Å². The third-order valence-corrected chi connectivity index (χ3v) is 8.02. The number of sulfonamides is 1. The van der Waals surface area contributed by atoms with Gasteiger partial charge in [0.05, 0.1) is 12.0 Å². The number of halogens is 1. The Labute approximate surface area is 271 Å². The fraction of sp³-hybridized carbons (Fsp3) is 0.176.